The quantitative estimate of drug-likeness (QED) is 0.295. The molecule has 6 nitrogen and oxygen atoms in total. The van der Waals surface area contributed by atoms with Crippen LogP contribution < -0.4 is 10.1 Å². The van der Waals surface area contributed by atoms with Gasteiger partial charge in [-0.25, -0.2) is 0 Å². The molecule has 1 aromatic rings. The fourth-order valence-electron chi connectivity index (χ4n) is 2.28. The summed E-state index contributed by atoms with van der Waals surface area (Å²) in [5.74, 6) is 0.772. The maximum absolute atomic E-state index is 11.7. The van der Waals surface area contributed by atoms with Crippen LogP contribution in [0.1, 0.15) is 48.0 Å². The zero-order valence-corrected chi connectivity index (χ0v) is 18.2. The number of carbonyl (C=O) groups is 1. The highest BCUT2D eigenvalue weighted by Gasteiger charge is 2.28. The van der Waals surface area contributed by atoms with Crippen LogP contribution in [0.3, 0.4) is 0 Å². The van der Waals surface area contributed by atoms with Gasteiger partial charge in [0.1, 0.15) is 24.2 Å². The highest BCUT2D eigenvalue weighted by molar-refractivity contribution is 5.63. The fraction of sp³-hybridized carbons (Fsp3) is 0.682. The van der Waals surface area contributed by atoms with Gasteiger partial charge < -0.3 is 23.7 Å². The van der Waals surface area contributed by atoms with Crippen molar-refractivity contribution < 1.29 is 23.7 Å². The summed E-state index contributed by atoms with van der Waals surface area (Å²) in [5.41, 5.74) is -1.15. The predicted molar refractivity (Wildman–Crippen MR) is 111 cm³/mol. The molecule has 1 rings (SSSR count). The molecule has 0 saturated heterocycles. The number of carbonyl (C=O) groups excluding carboxylic acids is 1. The van der Waals surface area contributed by atoms with Gasteiger partial charge in [0, 0.05) is 6.61 Å². The lowest BCUT2D eigenvalue weighted by Crippen LogP contribution is -2.51. The molecule has 0 aliphatic rings. The topological polar surface area (TPSA) is 66.0 Å². The molecule has 0 amide bonds. The van der Waals surface area contributed by atoms with Crippen molar-refractivity contribution in [2.45, 2.75) is 71.3 Å². The van der Waals surface area contributed by atoms with E-state index in [4.69, 9.17) is 18.9 Å². The van der Waals surface area contributed by atoms with Crippen molar-refractivity contribution in [1.29, 1.82) is 0 Å². The molecule has 0 fully saturated rings. The first kappa shape index (κ1) is 24.6. The maximum Gasteiger partial charge on any atom is 0.142 e. The average Bonchev–Trinajstić information content (AvgIpc) is 2.64. The van der Waals surface area contributed by atoms with Gasteiger partial charge >= 0.3 is 0 Å². The summed E-state index contributed by atoms with van der Waals surface area (Å²) in [4.78, 5) is 11.7. The van der Waals surface area contributed by atoms with Crippen molar-refractivity contribution in [3.63, 3.8) is 0 Å². The van der Waals surface area contributed by atoms with Crippen molar-refractivity contribution in [1.82, 2.24) is 5.32 Å². The van der Waals surface area contributed by atoms with Gasteiger partial charge in [-0.2, -0.15) is 0 Å². The van der Waals surface area contributed by atoms with Crippen molar-refractivity contribution in [3.05, 3.63) is 30.3 Å². The molecule has 1 aromatic carbocycles. The molecule has 0 aliphatic carbocycles. The van der Waals surface area contributed by atoms with E-state index in [1.54, 1.807) is 6.92 Å². The molecule has 0 unspecified atom stereocenters. The number of ether oxygens (including phenoxy) is 4. The number of nitrogens with one attached hydrogen (secondary N) is 1. The van der Waals surface area contributed by atoms with E-state index in [1.165, 1.54) is 0 Å². The van der Waals surface area contributed by atoms with Crippen LogP contribution in [0.15, 0.2) is 30.3 Å². The van der Waals surface area contributed by atoms with E-state index < -0.39 is 5.54 Å². The third-order valence-electron chi connectivity index (χ3n) is 4.06. The van der Waals surface area contributed by atoms with Crippen LogP contribution in [0.2, 0.25) is 0 Å². The Morgan fingerprint density at radius 2 is 1.82 bits per heavy atom. The molecule has 0 heterocycles. The Morgan fingerprint density at radius 3 is 2.39 bits per heavy atom. The number of para-hydroxylation sites is 1. The maximum atomic E-state index is 11.7. The number of aldehydes is 1. The number of rotatable bonds is 14. The van der Waals surface area contributed by atoms with Gasteiger partial charge in [0.25, 0.3) is 0 Å². The molecule has 0 spiro atoms. The number of hydrogen-bond acceptors (Lipinski definition) is 6. The molecule has 6 heteroatoms. The summed E-state index contributed by atoms with van der Waals surface area (Å²) in [6.07, 6.45) is 1.24. The Balaban J connectivity index is 2.65. The molecule has 0 saturated carbocycles. The monoisotopic (exact) mass is 395 g/mol. The Kier molecular flexibility index (Phi) is 10.7. The van der Waals surface area contributed by atoms with Gasteiger partial charge in [0.15, 0.2) is 0 Å². The zero-order chi connectivity index (χ0) is 21.0. The Bertz CT molecular complexity index is 546. The van der Waals surface area contributed by atoms with Crippen LogP contribution >= 0.6 is 0 Å². The Morgan fingerprint density at radius 1 is 1.14 bits per heavy atom. The summed E-state index contributed by atoms with van der Waals surface area (Å²) in [6, 6.07) is 9.60. The number of hydrogen-bond donors (Lipinski definition) is 1. The molecule has 0 aromatic heterocycles. The van der Waals surface area contributed by atoms with Gasteiger partial charge in [0.2, 0.25) is 0 Å². The second-order valence-corrected chi connectivity index (χ2v) is 8.17. The van der Waals surface area contributed by atoms with Crippen LogP contribution in [0.5, 0.6) is 5.75 Å². The second-order valence-electron chi connectivity index (χ2n) is 8.17. The van der Waals surface area contributed by atoms with Crippen LogP contribution in [-0.2, 0) is 19.0 Å². The van der Waals surface area contributed by atoms with Crippen molar-refractivity contribution in [2.24, 2.45) is 0 Å². The van der Waals surface area contributed by atoms with E-state index in [2.05, 4.69) is 12.2 Å². The molecule has 28 heavy (non-hydrogen) atoms. The van der Waals surface area contributed by atoms with E-state index in [9.17, 15) is 4.79 Å². The summed E-state index contributed by atoms with van der Waals surface area (Å²) in [7, 11) is 0. The summed E-state index contributed by atoms with van der Waals surface area (Å²) in [6.45, 7) is 13.2. The van der Waals surface area contributed by atoms with E-state index in [0.717, 1.165) is 18.5 Å². The molecule has 1 N–H and O–H groups in total. The lowest BCUT2D eigenvalue weighted by Gasteiger charge is -2.31. The third kappa shape index (κ3) is 10.2. The summed E-state index contributed by atoms with van der Waals surface area (Å²) < 4.78 is 23.4. The highest BCUT2D eigenvalue weighted by Crippen LogP contribution is 2.16. The first-order chi connectivity index (χ1) is 13.2. The smallest absolute Gasteiger partial charge is 0.142 e. The normalized spacial score (nSPS) is 16.2. The van der Waals surface area contributed by atoms with Crippen molar-refractivity contribution >= 4 is 6.29 Å². The van der Waals surface area contributed by atoms with E-state index in [1.807, 2.05) is 58.0 Å². The molecular formula is C22H37NO5. The van der Waals surface area contributed by atoms with Crippen LogP contribution in [0, 0.1) is 0 Å². The largest absolute Gasteiger partial charge is 0.488 e. The second kappa shape index (κ2) is 12.2. The molecule has 160 valence electrons. The van der Waals surface area contributed by atoms with Gasteiger partial charge in [-0.1, -0.05) is 25.1 Å². The predicted octanol–water partition coefficient (Wildman–Crippen LogP) is 3.59. The average molecular weight is 396 g/mol. The standard InChI is InChI=1S/C22H37NO5/c1-7-13-25-14-20(18(2)28-19-11-9-8-10-12-19)26-16-22(6,15-24)23-17-27-21(3,4)5/h8-12,15,18,20,23H,7,13-14,16-17H2,1-6H3/t18-,20+,22+/m0/s1. The van der Waals surface area contributed by atoms with Crippen LogP contribution in [0.4, 0.5) is 0 Å². The lowest BCUT2D eigenvalue weighted by molar-refractivity contribution is -0.123. The third-order valence-corrected chi connectivity index (χ3v) is 4.06. The molecule has 0 radical (unpaired) electrons. The Hall–Kier alpha value is -1.47. The minimum atomic E-state index is -0.860. The van der Waals surface area contributed by atoms with Gasteiger partial charge in [-0.3, -0.25) is 5.32 Å². The van der Waals surface area contributed by atoms with Crippen LogP contribution in [-0.4, -0.2) is 56.2 Å². The van der Waals surface area contributed by atoms with Crippen molar-refractivity contribution in [3.8, 4) is 5.75 Å². The van der Waals surface area contributed by atoms with E-state index in [-0.39, 0.29) is 31.1 Å². The lowest BCUT2D eigenvalue weighted by atomic mass is 10.1. The van der Waals surface area contributed by atoms with Gasteiger partial charge in [0.05, 0.1) is 31.1 Å². The minimum absolute atomic E-state index is 0.187. The van der Waals surface area contributed by atoms with E-state index >= 15 is 0 Å². The molecule has 0 bridgehead atoms. The van der Waals surface area contributed by atoms with Gasteiger partial charge in [-0.15, -0.1) is 0 Å². The SMILES string of the molecule is CCCOC[C@@H](OC[C@@](C)(C=O)NCOC(C)(C)C)[C@H](C)Oc1ccccc1. The Labute approximate surface area is 169 Å². The zero-order valence-electron chi connectivity index (χ0n) is 18.2. The van der Waals surface area contributed by atoms with Crippen molar-refractivity contribution in [2.75, 3.05) is 26.6 Å². The highest BCUT2D eigenvalue weighted by atomic mass is 16.6. The van der Waals surface area contributed by atoms with Gasteiger partial charge in [-0.05, 0) is 53.2 Å². The molecular weight excluding hydrogens is 358 g/mol. The fourth-order valence-corrected chi connectivity index (χ4v) is 2.28. The number of benzene rings is 1. The van der Waals surface area contributed by atoms with Crippen LogP contribution in [0.25, 0.3) is 0 Å². The summed E-state index contributed by atoms with van der Waals surface area (Å²) in [5, 5.41) is 3.12. The molecule has 3 atom stereocenters. The molecule has 0 aliphatic heterocycles. The van der Waals surface area contributed by atoms with E-state index in [0.29, 0.717) is 13.2 Å². The first-order valence-corrected chi connectivity index (χ1v) is 9.95. The minimum Gasteiger partial charge on any atom is -0.488 e. The summed E-state index contributed by atoms with van der Waals surface area (Å²) >= 11 is 0. The first-order valence-electron chi connectivity index (χ1n) is 9.95.